The van der Waals surface area contributed by atoms with Crippen molar-refractivity contribution in [2.45, 2.75) is 128 Å². The van der Waals surface area contributed by atoms with Crippen molar-refractivity contribution >= 4 is 11.9 Å². The van der Waals surface area contributed by atoms with Crippen molar-refractivity contribution in [2.24, 2.45) is 17.8 Å². The first-order valence-electron chi connectivity index (χ1n) is 15.7. The van der Waals surface area contributed by atoms with Crippen LogP contribution in [-0.2, 0) is 19.1 Å². The first-order valence-corrected chi connectivity index (χ1v) is 15.7. The normalized spacial score (nSPS) is 33.3. The largest absolute Gasteiger partial charge is 0.480 e. The smallest absolute Gasteiger partial charge is 0.326 e. The average molecular weight is 576 g/mol. The van der Waals surface area contributed by atoms with Crippen LogP contribution in [0.5, 0.6) is 0 Å². The van der Waals surface area contributed by atoms with Crippen LogP contribution in [0.2, 0.25) is 0 Å². The lowest BCUT2D eigenvalue weighted by atomic mass is 9.82. The fourth-order valence-corrected chi connectivity index (χ4v) is 6.64. The molecule has 41 heavy (non-hydrogen) atoms. The minimum Gasteiger partial charge on any atom is -0.480 e. The first kappa shape index (κ1) is 33.5. The predicted octanol–water partition coefficient (Wildman–Crippen LogP) is 5.39. The van der Waals surface area contributed by atoms with Crippen molar-refractivity contribution < 1.29 is 34.4 Å². The number of nitrogens with zero attached hydrogens (tertiary/aromatic N) is 1. The van der Waals surface area contributed by atoms with Crippen LogP contribution in [0.15, 0.2) is 36.0 Å². The van der Waals surface area contributed by atoms with Crippen LogP contribution in [-0.4, -0.2) is 75.9 Å². The molecule has 0 aromatic heterocycles. The number of piperidine rings is 1. The van der Waals surface area contributed by atoms with Gasteiger partial charge in [-0.25, -0.2) is 4.79 Å². The van der Waals surface area contributed by atoms with Gasteiger partial charge in [0.15, 0.2) is 5.79 Å². The molecule has 232 valence electrons. The zero-order valence-electron chi connectivity index (χ0n) is 25.5. The number of rotatable bonds is 12. The number of aliphatic hydroxyl groups excluding tert-OH is 1. The van der Waals surface area contributed by atoms with Crippen LogP contribution in [0.3, 0.4) is 0 Å². The summed E-state index contributed by atoms with van der Waals surface area (Å²) < 4.78 is 11.9. The van der Waals surface area contributed by atoms with E-state index in [1.54, 1.807) is 7.11 Å². The summed E-state index contributed by atoms with van der Waals surface area (Å²) in [7, 11) is 1.67. The zero-order chi connectivity index (χ0) is 30.0. The number of carbonyl (C=O) groups excluding carboxylic acids is 1. The molecule has 3 rings (SSSR count). The summed E-state index contributed by atoms with van der Waals surface area (Å²) >= 11 is 0. The number of amides is 1. The number of aliphatic carboxylic acids is 1. The molecule has 6 unspecified atom stereocenters. The maximum atomic E-state index is 13.1. The second-order valence-corrected chi connectivity index (χ2v) is 12.7. The minimum atomic E-state index is -1.63. The van der Waals surface area contributed by atoms with Crippen LogP contribution in [0.25, 0.3) is 0 Å². The van der Waals surface area contributed by atoms with E-state index in [4.69, 9.17) is 9.47 Å². The summed E-state index contributed by atoms with van der Waals surface area (Å²) in [4.78, 5) is 26.2. The van der Waals surface area contributed by atoms with Crippen LogP contribution in [0.4, 0.5) is 0 Å². The molecule has 8 heteroatoms. The monoisotopic (exact) mass is 575 g/mol. The Hall–Kier alpha value is -2.00. The number of carboxylic acid groups (broad SMARTS) is 1. The fraction of sp³-hybridized carbons (Fsp3) is 0.758. The summed E-state index contributed by atoms with van der Waals surface area (Å²) in [5.41, 5.74) is 1.05. The molecule has 3 fully saturated rings. The van der Waals surface area contributed by atoms with Gasteiger partial charge in [-0.3, -0.25) is 4.79 Å². The van der Waals surface area contributed by atoms with E-state index in [9.17, 15) is 24.9 Å². The Kier molecular flexibility index (Phi) is 13.1. The topological polar surface area (TPSA) is 117 Å². The number of methoxy groups -OCH3 is 1. The van der Waals surface area contributed by atoms with Gasteiger partial charge in [0.25, 0.3) is 0 Å². The van der Waals surface area contributed by atoms with Crippen molar-refractivity contribution in [3.63, 3.8) is 0 Å². The molecule has 1 saturated carbocycles. The van der Waals surface area contributed by atoms with Crippen molar-refractivity contribution in [2.75, 3.05) is 13.7 Å². The van der Waals surface area contributed by atoms with E-state index in [1.165, 1.54) is 4.90 Å². The highest BCUT2D eigenvalue weighted by Gasteiger charge is 2.45. The molecular formula is C33H53NO7. The Labute approximate surface area is 246 Å². The van der Waals surface area contributed by atoms with Gasteiger partial charge in [-0.1, -0.05) is 44.2 Å². The third-order valence-electron chi connectivity index (χ3n) is 9.39. The Morgan fingerprint density at radius 2 is 1.78 bits per heavy atom. The summed E-state index contributed by atoms with van der Waals surface area (Å²) in [6.45, 7) is 6.54. The SMILES string of the molecule is COC(CC1CCC(C)C(O)(CC(=O)N2CCCCC2C(=O)O)O1)C(C)=CC=CC=CC(C)CC1CCC(O)CC1. The fourth-order valence-electron chi connectivity index (χ4n) is 6.64. The molecule has 2 aliphatic heterocycles. The number of hydrogen-bond acceptors (Lipinski definition) is 6. The van der Waals surface area contributed by atoms with Crippen molar-refractivity contribution in [3.05, 3.63) is 36.0 Å². The summed E-state index contributed by atoms with van der Waals surface area (Å²) in [6, 6.07) is -0.835. The van der Waals surface area contributed by atoms with E-state index in [2.05, 4.69) is 19.1 Å². The van der Waals surface area contributed by atoms with Crippen LogP contribution < -0.4 is 0 Å². The average Bonchev–Trinajstić information content (AvgIpc) is 2.94. The van der Waals surface area contributed by atoms with Crippen LogP contribution in [0.1, 0.15) is 97.8 Å². The molecule has 8 nitrogen and oxygen atoms in total. The molecule has 0 radical (unpaired) electrons. The molecule has 1 aliphatic carbocycles. The van der Waals surface area contributed by atoms with Crippen molar-refractivity contribution in [3.8, 4) is 0 Å². The third-order valence-corrected chi connectivity index (χ3v) is 9.39. The maximum Gasteiger partial charge on any atom is 0.326 e. The lowest BCUT2D eigenvalue weighted by Crippen LogP contribution is -2.54. The van der Waals surface area contributed by atoms with E-state index in [-0.39, 0.29) is 36.6 Å². The highest BCUT2D eigenvalue weighted by atomic mass is 16.6. The predicted molar refractivity (Wildman–Crippen MR) is 159 cm³/mol. The molecule has 0 aromatic carbocycles. The number of carbonyl (C=O) groups is 2. The highest BCUT2D eigenvalue weighted by Crippen LogP contribution is 2.38. The molecule has 1 amide bonds. The molecule has 3 aliphatic rings. The first-order chi connectivity index (χ1) is 19.5. The van der Waals surface area contributed by atoms with E-state index >= 15 is 0 Å². The lowest BCUT2D eigenvalue weighted by molar-refractivity contribution is -0.284. The van der Waals surface area contributed by atoms with E-state index in [0.29, 0.717) is 37.6 Å². The molecule has 0 bridgehead atoms. The van der Waals surface area contributed by atoms with Gasteiger partial charge in [0.05, 0.1) is 24.7 Å². The van der Waals surface area contributed by atoms with Crippen LogP contribution >= 0.6 is 0 Å². The number of allylic oxidation sites excluding steroid dienone is 5. The van der Waals surface area contributed by atoms with Gasteiger partial charge in [0, 0.05) is 26.0 Å². The summed E-state index contributed by atoms with van der Waals surface area (Å²) in [6.07, 6.45) is 18.9. The Morgan fingerprint density at radius 3 is 2.46 bits per heavy atom. The third kappa shape index (κ3) is 10.1. The van der Waals surface area contributed by atoms with E-state index in [0.717, 1.165) is 56.9 Å². The number of carboxylic acids is 1. The molecule has 2 saturated heterocycles. The summed E-state index contributed by atoms with van der Waals surface area (Å²) in [5, 5.41) is 30.7. The van der Waals surface area contributed by atoms with Gasteiger partial charge in [0.1, 0.15) is 6.04 Å². The zero-order valence-corrected chi connectivity index (χ0v) is 25.5. The lowest BCUT2D eigenvalue weighted by Gasteiger charge is -2.44. The Balaban J connectivity index is 1.51. The van der Waals surface area contributed by atoms with Gasteiger partial charge in [-0.15, -0.1) is 0 Å². The van der Waals surface area contributed by atoms with Crippen molar-refractivity contribution in [1.29, 1.82) is 0 Å². The molecular weight excluding hydrogens is 522 g/mol. The highest BCUT2D eigenvalue weighted by molar-refractivity contribution is 5.84. The van der Waals surface area contributed by atoms with Gasteiger partial charge in [-0.05, 0) is 88.5 Å². The molecule has 0 aromatic rings. The van der Waals surface area contributed by atoms with Crippen LogP contribution in [0, 0.1) is 17.8 Å². The Morgan fingerprint density at radius 1 is 1.05 bits per heavy atom. The van der Waals surface area contributed by atoms with E-state index < -0.39 is 17.8 Å². The second kappa shape index (κ2) is 16.0. The van der Waals surface area contributed by atoms with Gasteiger partial charge < -0.3 is 29.7 Å². The number of aliphatic hydroxyl groups is 2. The standard InChI is InChI=1S/C33H53NO7/c1-23(20-26-14-16-27(35)17-15-26)10-6-5-7-11-24(2)30(40-4)21-28-18-13-25(3)33(39,41-28)22-31(36)34-19-9-8-12-29(34)32(37)38/h5-7,10-11,23,25-30,35,39H,8-9,12-22H2,1-4H3,(H,37,38). The molecule has 0 spiro atoms. The number of ether oxygens (including phenoxy) is 2. The Bertz CT molecular complexity index is 938. The van der Waals surface area contributed by atoms with Gasteiger partial charge >= 0.3 is 5.97 Å². The van der Waals surface area contributed by atoms with Crippen molar-refractivity contribution in [1.82, 2.24) is 4.90 Å². The minimum absolute atomic E-state index is 0.104. The second-order valence-electron chi connectivity index (χ2n) is 12.7. The van der Waals surface area contributed by atoms with Gasteiger partial charge in [-0.2, -0.15) is 0 Å². The molecule has 3 N–H and O–H groups in total. The molecule has 6 atom stereocenters. The van der Waals surface area contributed by atoms with E-state index in [1.807, 2.05) is 32.1 Å². The maximum absolute atomic E-state index is 13.1. The number of hydrogen-bond donors (Lipinski definition) is 3. The quantitative estimate of drug-likeness (QED) is 0.267. The summed E-state index contributed by atoms with van der Waals surface area (Å²) in [5.74, 6) is -2.02. The number of likely N-dealkylation sites (tertiary alicyclic amines) is 1. The van der Waals surface area contributed by atoms with Gasteiger partial charge in [0.2, 0.25) is 5.91 Å². The molecule has 2 heterocycles.